The molecule has 342 valence electrons. The number of amides is 1. The van der Waals surface area contributed by atoms with Crippen LogP contribution in [0, 0.1) is 0 Å². The molecule has 3 fully saturated rings. The van der Waals surface area contributed by atoms with Crippen LogP contribution in [-0.4, -0.2) is 193 Å². The van der Waals surface area contributed by atoms with Gasteiger partial charge in [-0.3, -0.25) is 4.79 Å². The first-order chi connectivity index (χ1) is 27.8. The SMILES string of the molecule is CCCCCCCCCCCCCCCCC(O)C(COC1OC(CO)C(OC2OC(CO)C(OC3OC(CO)C(O)C(O)C3O)C(O)C2O)C(O)C1O)NC(C)=O. The highest BCUT2D eigenvalue weighted by Crippen LogP contribution is 2.33. The van der Waals surface area contributed by atoms with Gasteiger partial charge < -0.3 is 89.9 Å². The standard InChI is InChI=1S/C39H73NO18/c1-3-4-5-6-7-8-9-10-11-12-13-14-15-16-17-24(45)23(40-22(2)44)21-53-37-33(51)30(48)35(26(19-42)55-37)58-39-34(52)31(49)36(27(20-43)56-39)57-38-32(50)29(47)28(46)25(18-41)54-38/h23-39,41-43,45-52H,3-21H2,1-2H3,(H,40,44). The summed E-state index contributed by atoms with van der Waals surface area (Å²) in [7, 11) is 0. The summed E-state index contributed by atoms with van der Waals surface area (Å²) >= 11 is 0. The highest BCUT2D eigenvalue weighted by Gasteiger charge is 2.53. The van der Waals surface area contributed by atoms with Crippen molar-refractivity contribution >= 4 is 5.91 Å². The minimum absolute atomic E-state index is 0.317. The van der Waals surface area contributed by atoms with Crippen molar-refractivity contribution in [2.24, 2.45) is 0 Å². The molecule has 0 radical (unpaired) electrons. The van der Waals surface area contributed by atoms with Crippen molar-refractivity contribution in [3.05, 3.63) is 0 Å². The zero-order chi connectivity index (χ0) is 42.8. The van der Waals surface area contributed by atoms with Crippen molar-refractivity contribution in [1.29, 1.82) is 0 Å². The largest absolute Gasteiger partial charge is 0.394 e. The summed E-state index contributed by atoms with van der Waals surface area (Å²) in [5.41, 5.74) is 0. The molecule has 3 heterocycles. The number of carbonyl (C=O) groups excluding carboxylic acids is 1. The fourth-order valence-electron chi connectivity index (χ4n) is 7.64. The van der Waals surface area contributed by atoms with Gasteiger partial charge in [-0.2, -0.15) is 0 Å². The maximum Gasteiger partial charge on any atom is 0.217 e. The first-order valence-electron chi connectivity index (χ1n) is 21.2. The normalized spacial score (nSPS) is 36.7. The zero-order valence-corrected chi connectivity index (χ0v) is 34.0. The van der Waals surface area contributed by atoms with Gasteiger partial charge in [-0.05, 0) is 6.42 Å². The minimum atomic E-state index is -1.96. The molecular weight excluding hydrogens is 770 g/mol. The van der Waals surface area contributed by atoms with E-state index in [-0.39, 0.29) is 6.61 Å². The molecule has 17 unspecified atom stereocenters. The highest BCUT2D eigenvalue weighted by molar-refractivity contribution is 5.73. The number of nitrogens with one attached hydrogen (secondary N) is 1. The Balaban J connectivity index is 1.47. The number of aliphatic hydroxyl groups is 11. The third-order valence-electron chi connectivity index (χ3n) is 11.2. The summed E-state index contributed by atoms with van der Waals surface area (Å²) in [4.78, 5) is 12.0. The molecule has 0 bridgehead atoms. The van der Waals surface area contributed by atoms with Crippen molar-refractivity contribution in [2.45, 2.75) is 214 Å². The number of ether oxygens (including phenoxy) is 6. The van der Waals surface area contributed by atoms with Gasteiger partial charge in [-0.25, -0.2) is 0 Å². The minimum Gasteiger partial charge on any atom is -0.394 e. The predicted molar refractivity (Wildman–Crippen MR) is 204 cm³/mol. The molecule has 1 amide bonds. The summed E-state index contributed by atoms with van der Waals surface area (Å²) in [5.74, 6) is -0.421. The van der Waals surface area contributed by atoms with Crippen molar-refractivity contribution in [3.8, 4) is 0 Å². The molecule has 0 aliphatic carbocycles. The molecule has 58 heavy (non-hydrogen) atoms. The van der Waals surface area contributed by atoms with E-state index < -0.39 is 130 Å². The van der Waals surface area contributed by atoms with E-state index in [4.69, 9.17) is 28.4 Å². The van der Waals surface area contributed by atoms with Crippen molar-refractivity contribution in [1.82, 2.24) is 5.32 Å². The van der Waals surface area contributed by atoms with Gasteiger partial charge in [0.1, 0.15) is 73.2 Å². The van der Waals surface area contributed by atoms with Gasteiger partial charge in [0.05, 0.1) is 38.6 Å². The lowest BCUT2D eigenvalue weighted by Crippen LogP contribution is -2.66. The molecule has 17 atom stereocenters. The van der Waals surface area contributed by atoms with Crippen molar-refractivity contribution in [3.63, 3.8) is 0 Å². The van der Waals surface area contributed by atoms with E-state index in [0.717, 1.165) is 25.7 Å². The number of rotatable bonds is 27. The Labute approximate surface area is 341 Å². The Morgan fingerprint density at radius 1 is 0.552 bits per heavy atom. The van der Waals surface area contributed by atoms with E-state index in [0.29, 0.717) is 6.42 Å². The fourth-order valence-corrected chi connectivity index (χ4v) is 7.64. The van der Waals surface area contributed by atoms with Gasteiger partial charge in [0.15, 0.2) is 18.9 Å². The number of unbranched alkanes of at least 4 members (excludes halogenated alkanes) is 13. The Hall–Kier alpha value is -1.21. The molecular formula is C39H73NO18. The molecule has 19 nitrogen and oxygen atoms in total. The van der Waals surface area contributed by atoms with Crippen LogP contribution in [0.25, 0.3) is 0 Å². The molecule has 0 aromatic heterocycles. The van der Waals surface area contributed by atoms with Crippen LogP contribution in [-0.2, 0) is 33.2 Å². The lowest BCUT2D eigenvalue weighted by atomic mass is 9.96. The molecule has 0 aromatic carbocycles. The Morgan fingerprint density at radius 3 is 1.40 bits per heavy atom. The average Bonchev–Trinajstić information content (AvgIpc) is 3.21. The van der Waals surface area contributed by atoms with Gasteiger partial charge in [0, 0.05) is 6.92 Å². The molecule has 0 spiro atoms. The predicted octanol–water partition coefficient (Wildman–Crippen LogP) is -1.81. The summed E-state index contributed by atoms with van der Waals surface area (Å²) in [6.45, 7) is 0.798. The Kier molecular flexibility index (Phi) is 23.8. The van der Waals surface area contributed by atoms with E-state index in [2.05, 4.69) is 12.2 Å². The average molecular weight is 844 g/mol. The highest BCUT2D eigenvalue weighted by atomic mass is 16.8. The smallest absolute Gasteiger partial charge is 0.217 e. The lowest BCUT2D eigenvalue weighted by molar-refractivity contribution is -0.379. The third kappa shape index (κ3) is 15.3. The third-order valence-corrected chi connectivity index (χ3v) is 11.2. The number of hydrogen-bond acceptors (Lipinski definition) is 18. The summed E-state index contributed by atoms with van der Waals surface area (Å²) in [5, 5.41) is 118. The van der Waals surface area contributed by atoms with Gasteiger partial charge in [0.25, 0.3) is 0 Å². The van der Waals surface area contributed by atoms with Crippen molar-refractivity contribution in [2.75, 3.05) is 26.4 Å². The maximum absolute atomic E-state index is 12.0. The van der Waals surface area contributed by atoms with Crippen LogP contribution in [0.4, 0.5) is 0 Å². The number of hydrogen-bond donors (Lipinski definition) is 12. The van der Waals surface area contributed by atoms with E-state index in [9.17, 15) is 61.0 Å². The van der Waals surface area contributed by atoms with Crippen LogP contribution >= 0.6 is 0 Å². The molecule has 3 saturated heterocycles. The second-order valence-electron chi connectivity index (χ2n) is 15.9. The van der Waals surface area contributed by atoms with Crippen LogP contribution < -0.4 is 5.32 Å². The fraction of sp³-hybridized carbons (Fsp3) is 0.974. The molecule has 12 N–H and O–H groups in total. The van der Waals surface area contributed by atoms with Crippen LogP contribution in [0.5, 0.6) is 0 Å². The second-order valence-corrected chi connectivity index (χ2v) is 15.9. The quantitative estimate of drug-likeness (QED) is 0.0406. The number of aliphatic hydroxyl groups excluding tert-OH is 11. The van der Waals surface area contributed by atoms with E-state index >= 15 is 0 Å². The maximum atomic E-state index is 12.0. The van der Waals surface area contributed by atoms with Gasteiger partial charge in [-0.1, -0.05) is 96.8 Å². The summed E-state index contributed by atoms with van der Waals surface area (Å²) in [6, 6.07) is -0.880. The van der Waals surface area contributed by atoms with Crippen molar-refractivity contribution < 1.29 is 89.4 Å². The van der Waals surface area contributed by atoms with Crippen LogP contribution in [0.15, 0.2) is 0 Å². The van der Waals surface area contributed by atoms with E-state index in [1.54, 1.807) is 0 Å². The summed E-state index contributed by atoms with van der Waals surface area (Å²) in [6.07, 6.45) is -9.37. The van der Waals surface area contributed by atoms with Crippen LogP contribution in [0.2, 0.25) is 0 Å². The molecule has 0 aromatic rings. The number of carbonyl (C=O) groups is 1. The Morgan fingerprint density at radius 2 is 0.948 bits per heavy atom. The molecule has 0 saturated carbocycles. The van der Waals surface area contributed by atoms with Gasteiger partial charge >= 0.3 is 0 Å². The molecule has 3 rings (SSSR count). The summed E-state index contributed by atoms with van der Waals surface area (Å²) < 4.78 is 33.6. The van der Waals surface area contributed by atoms with E-state index in [1.807, 2.05) is 0 Å². The molecule has 3 aliphatic rings. The van der Waals surface area contributed by atoms with Gasteiger partial charge in [0.2, 0.25) is 5.91 Å². The van der Waals surface area contributed by atoms with Crippen LogP contribution in [0.3, 0.4) is 0 Å². The first kappa shape index (κ1) is 51.1. The first-order valence-corrected chi connectivity index (χ1v) is 21.2. The monoisotopic (exact) mass is 843 g/mol. The van der Waals surface area contributed by atoms with Gasteiger partial charge in [-0.15, -0.1) is 0 Å². The van der Waals surface area contributed by atoms with Crippen LogP contribution in [0.1, 0.15) is 110 Å². The second kappa shape index (κ2) is 27.0. The lowest BCUT2D eigenvalue weighted by Gasteiger charge is -2.48. The molecule has 19 heteroatoms. The van der Waals surface area contributed by atoms with E-state index in [1.165, 1.54) is 71.1 Å². The molecule has 3 aliphatic heterocycles. The topological polar surface area (TPSA) is 307 Å². The zero-order valence-electron chi connectivity index (χ0n) is 34.0. The Bertz CT molecular complexity index is 1110.